The third-order valence-corrected chi connectivity index (χ3v) is 12.4. The molecule has 6 rings (SSSR count). The minimum Gasteiger partial charge on any atom is -0.497 e. The first-order valence-electron chi connectivity index (χ1n) is 23.6. The molecular weight excluding hydrogens is 911 g/mol. The summed E-state index contributed by atoms with van der Waals surface area (Å²) in [5.74, 6) is 2.02. The number of epoxide rings is 1. The number of nitrogens with one attached hydrogen (secondary N) is 2. The van der Waals surface area contributed by atoms with Gasteiger partial charge in [-0.05, 0) is 131 Å². The molecule has 0 unspecified atom stereocenters. The first-order valence-corrected chi connectivity index (χ1v) is 25.0. The number of aliphatic hydroxyl groups is 1. The van der Waals surface area contributed by atoms with Crippen LogP contribution in [0.5, 0.6) is 17.2 Å². The molecule has 2 amide bonds. The first-order chi connectivity index (χ1) is 33.2. The van der Waals surface area contributed by atoms with E-state index in [0.717, 1.165) is 28.0 Å². The lowest BCUT2D eigenvalue weighted by Crippen LogP contribution is -2.51. The van der Waals surface area contributed by atoms with E-state index in [0.29, 0.717) is 37.7 Å². The molecule has 1 fully saturated rings. The lowest BCUT2D eigenvalue weighted by Gasteiger charge is -2.31. The summed E-state index contributed by atoms with van der Waals surface area (Å²) in [5.41, 5.74) is 2.84. The zero-order valence-electron chi connectivity index (χ0n) is 41.9. The average molecular weight is 982 g/mol. The largest absolute Gasteiger partial charge is 0.497 e. The number of hydrogen-bond acceptors (Lipinski definition) is 11. The van der Waals surface area contributed by atoms with Crippen LogP contribution in [0.2, 0.25) is 0 Å². The number of carbonyl (C=O) groups excluding carboxylic acids is 2. The minimum atomic E-state index is -3.96. The molecule has 0 radical (unpaired) electrons. The minimum absolute atomic E-state index is 0.0130. The van der Waals surface area contributed by atoms with Gasteiger partial charge in [-0.2, -0.15) is 4.31 Å². The Morgan fingerprint density at radius 1 is 0.643 bits per heavy atom. The van der Waals surface area contributed by atoms with Gasteiger partial charge < -0.3 is 44.2 Å². The molecule has 1 aliphatic rings. The van der Waals surface area contributed by atoms with E-state index in [-0.39, 0.29) is 42.5 Å². The summed E-state index contributed by atoms with van der Waals surface area (Å²) in [7, 11) is -2.45. The fraction of sp³-hybridized carbons (Fsp3) is 0.418. The van der Waals surface area contributed by atoms with Gasteiger partial charge in [0.05, 0.1) is 36.8 Å². The van der Waals surface area contributed by atoms with Crippen LogP contribution < -0.4 is 24.8 Å². The summed E-state index contributed by atoms with van der Waals surface area (Å²) in [6.07, 6.45) is -1.39. The van der Waals surface area contributed by atoms with Crippen molar-refractivity contribution in [1.29, 1.82) is 0 Å². The summed E-state index contributed by atoms with van der Waals surface area (Å²) in [6, 6.07) is 40.4. The third kappa shape index (κ3) is 19.3. The number of aliphatic hydroxyl groups excluding tert-OH is 1. The van der Waals surface area contributed by atoms with E-state index in [2.05, 4.69) is 10.6 Å². The Hall–Kier alpha value is -6.13. The molecule has 4 atom stereocenters. The van der Waals surface area contributed by atoms with E-state index in [1.54, 1.807) is 32.9 Å². The van der Waals surface area contributed by atoms with Gasteiger partial charge in [-0.25, -0.2) is 18.0 Å². The van der Waals surface area contributed by atoms with Crippen molar-refractivity contribution in [1.82, 2.24) is 14.9 Å². The van der Waals surface area contributed by atoms with Crippen molar-refractivity contribution >= 4 is 22.2 Å². The molecule has 5 aromatic rings. The van der Waals surface area contributed by atoms with Crippen LogP contribution in [0.15, 0.2) is 138 Å². The van der Waals surface area contributed by atoms with Crippen LogP contribution in [0.1, 0.15) is 77.6 Å². The van der Waals surface area contributed by atoms with Crippen LogP contribution in [0.25, 0.3) is 0 Å². The molecule has 0 aliphatic carbocycles. The van der Waals surface area contributed by atoms with E-state index in [4.69, 9.17) is 28.4 Å². The highest BCUT2D eigenvalue weighted by molar-refractivity contribution is 7.89. The Morgan fingerprint density at radius 2 is 1.09 bits per heavy atom. The van der Waals surface area contributed by atoms with Gasteiger partial charge in [0.1, 0.15) is 47.8 Å². The average Bonchev–Trinajstić information content (AvgIpc) is 4.16. The maximum absolute atomic E-state index is 13.6. The monoisotopic (exact) mass is 981 g/mol. The summed E-state index contributed by atoms with van der Waals surface area (Å²) in [4.78, 5) is 24.9. The molecular formula is C55H71N3O11S. The second-order valence-electron chi connectivity index (χ2n) is 19.6. The Morgan fingerprint density at radius 3 is 1.51 bits per heavy atom. The number of sulfonamides is 1. The van der Waals surface area contributed by atoms with E-state index in [1.165, 1.54) is 23.5 Å². The number of ether oxygens (including phenoxy) is 6. The Balaban J connectivity index is 0.000000289. The maximum Gasteiger partial charge on any atom is 0.407 e. The van der Waals surface area contributed by atoms with Crippen LogP contribution in [-0.4, -0.2) is 92.3 Å². The Kier molecular flexibility index (Phi) is 20.1. The lowest BCUT2D eigenvalue weighted by molar-refractivity contribution is 0.0399. The fourth-order valence-electron chi connectivity index (χ4n) is 7.11. The van der Waals surface area contributed by atoms with Crippen molar-refractivity contribution < 1.29 is 51.5 Å². The van der Waals surface area contributed by atoms with Crippen LogP contribution in [0.4, 0.5) is 9.59 Å². The SMILES string of the molecule is CC(C)(C)OC(=O)N[C@@H](Cc1ccc(OCc2ccccc2)cc1)[C@H]1CO1.COc1ccc(S(=O)(=O)N(CC(C)C)C[C@@H](O)[C@H](Cc2ccc(OCc3ccccc3)cc2)NC(=O)OC(C)(C)C)cc1. The van der Waals surface area contributed by atoms with Gasteiger partial charge in [0.15, 0.2) is 0 Å². The molecule has 1 heterocycles. The van der Waals surface area contributed by atoms with Crippen molar-refractivity contribution in [2.24, 2.45) is 5.92 Å². The van der Waals surface area contributed by atoms with E-state index in [1.807, 2.05) is 144 Å². The third-order valence-electron chi connectivity index (χ3n) is 10.6. The van der Waals surface area contributed by atoms with Crippen LogP contribution in [0.3, 0.4) is 0 Å². The lowest BCUT2D eigenvalue weighted by atomic mass is 10.0. The van der Waals surface area contributed by atoms with Crippen molar-refractivity contribution in [3.8, 4) is 17.2 Å². The van der Waals surface area contributed by atoms with Gasteiger partial charge in [-0.15, -0.1) is 0 Å². The van der Waals surface area contributed by atoms with Crippen molar-refractivity contribution in [2.45, 2.75) is 122 Å². The highest BCUT2D eigenvalue weighted by atomic mass is 32.2. The van der Waals surface area contributed by atoms with E-state index in [9.17, 15) is 23.1 Å². The predicted molar refractivity (Wildman–Crippen MR) is 270 cm³/mol. The second kappa shape index (κ2) is 25.6. The maximum atomic E-state index is 13.6. The van der Waals surface area contributed by atoms with Gasteiger partial charge in [0.2, 0.25) is 10.0 Å². The number of hydrogen-bond donors (Lipinski definition) is 3. The molecule has 15 heteroatoms. The molecule has 1 aliphatic heterocycles. The Bertz CT molecular complexity index is 2460. The molecule has 3 N–H and O–H groups in total. The molecule has 14 nitrogen and oxygen atoms in total. The smallest absolute Gasteiger partial charge is 0.407 e. The zero-order chi connectivity index (χ0) is 50.9. The number of methoxy groups -OCH3 is 1. The molecule has 0 spiro atoms. The molecule has 5 aromatic carbocycles. The van der Waals surface area contributed by atoms with E-state index < -0.39 is 45.6 Å². The topological polar surface area (TPSA) is 174 Å². The number of benzene rings is 5. The highest BCUT2D eigenvalue weighted by Gasteiger charge is 2.35. The second-order valence-corrected chi connectivity index (χ2v) is 21.5. The van der Waals surface area contributed by atoms with Crippen molar-refractivity contribution in [2.75, 3.05) is 26.8 Å². The van der Waals surface area contributed by atoms with Crippen molar-refractivity contribution in [3.05, 3.63) is 156 Å². The molecule has 70 heavy (non-hydrogen) atoms. The molecule has 1 saturated heterocycles. The zero-order valence-corrected chi connectivity index (χ0v) is 42.7. The molecule has 0 aromatic heterocycles. The standard InChI is InChI=1S/C33H44N2O7S.C22H27NO4/c1-24(2)21-35(43(38,39)29-18-16-27(40-6)17-19-29)22-31(36)30(34-32(37)42-33(3,4)5)20-25-12-14-28(15-13-25)41-23-26-10-8-7-9-11-26;1-22(2,3)27-21(24)23-19(20-15-26-20)13-16-9-11-18(12-10-16)25-14-17-7-5-4-6-8-17/h7-19,24,30-31,36H,20-23H2,1-6H3,(H,34,37);4-12,19-20H,13-15H2,1-3H3,(H,23,24)/t30-,31+;19-,20+/m00/s1. The predicted octanol–water partition coefficient (Wildman–Crippen LogP) is 9.52. The van der Waals surface area contributed by atoms with Crippen molar-refractivity contribution in [3.63, 3.8) is 0 Å². The summed E-state index contributed by atoms with van der Waals surface area (Å²) in [5, 5.41) is 17.1. The summed E-state index contributed by atoms with van der Waals surface area (Å²) >= 11 is 0. The summed E-state index contributed by atoms with van der Waals surface area (Å²) in [6.45, 7) is 16.2. The number of carbonyl (C=O) groups is 2. The van der Waals surface area contributed by atoms with Crippen LogP contribution in [-0.2, 0) is 50.3 Å². The van der Waals surface area contributed by atoms with Gasteiger partial charge in [-0.1, -0.05) is 98.8 Å². The normalized spacial score (nSPS) is 14.8. The van der Waals surface area contributed by atoms with Gasteiger partial charge in [-0.3, -0.25) is 0 Å². The quantitative estimate of drug-likeness (QED) is 0.0598. The molecule has 0 bridgehead atoms. The highest BCUT2D eigenvalue weighted by Crippen LogP contribution is 2.24. The van der Waals surface area contributed by atoms with E-state index >= 15 is 0 Å². The van der Waals surface area contributed by atoms with Gasteiger partial charge in [0, 0.05) is 13.1 Å². The summed E-state index contributed by atoms with van der Waals surface area (Å²) < 4.78 is 61.6. The molecule has 378 valence electrons. The molecule has 0 saturated carbocycles. The number of alkyl carbamates (subject to hydrolysis) is 2. The number of rotatable bonds is 21. The number of amides is 2. The van der Waals surface area contributed by atoms with Crippen LogP contribution >= 0.6 is 0 Å². The van der Waals surface area contributed by atoms with Gasteiger partial charge in [0.25, 0.3) is 0 Å². The van der Waals surface area contributed by atoms with Crippen LogP contribution in [0, 0.1) is 5.92 Å². The first kappa shape index (κ1) is 54.8. The van der Waals surface area contributed by atoms with Gasteiger partial charge >= 0.3 is 12.2 Å². The fourth-order valence-corrected chi connectivity index (χ4v) is 8.73. The Labute approximate surface area is 414 Å². The number of nitrogens with zero attached hydrogens (tertiary/aromatic N) is 1.